The van der Waals surface area contributed by atoms with Gasteiger partial charge in [-0.15, -0.1) is 11.3 Å². The Morgan fingerprint density at radius 2 is 1.97 bits per heavy atom. The Morgan fingerprint density at radius 3 is 2.66 bits per heavy atom. The molecule has 0 amide bonds. The molecule has 4 aromatic rings. The first kappa shape index (κ1) is 23.9. The Bertz CT molecular complexity index is 1390. The first-order valence-electron chi connectivity index (χ1n) is 11.4. The summed E-state index contributed by atoms with van der Waals surface area (Å²) in [7, 11) is -2.17. The van der Waals surface area contributed by atoms with E-state index >= 15 is 0 Å². The van der Waals surface area contributed by atoms with Crippen molar-refractivity contribution in [2.24, 2.45) is 0 Å². The summed E-state index contributed by atoms with van der Waals surface area (Å²) >= 11 is 1.50. The zero-order chi connectivity index (χ0) is 24.4. The average molecular weight is 516 g/mol. The number of imidazole rings is 1. The standard InChI is InChI=1S/C25H26FN3O4S2/c1-32-21-8-10-23(11-9-21)35(30,31)28(15-22-3-2-14-33-22)13-12-20-17-34-25-27-24(16-29(20)25)18-4-6-19(26)7-5-18/h4-11,16-17,22H,2-3,12-15H2,1H3. The van der Waals surface area contributed by atoms with E-state index in [9.17, 15) is 12.8 Å². The summed E-state index contributed by atoms with van der Waals surface area (Å²) in [6.45, 7) is 1.28. The van der Waals surface area contributed by atoms with Gasteiger partial charge in [0.05, 0.1) is 23.8 Å². The number of ether oxygens (including phenoxy) is 2. The van der Waals surface area contributed by atoms with Crippen LogP contribution in [0.2, 0.25) is 0 Å². The lowest BCUT2D eigenvalue weighted by Crippen LogP contribution is -2.38. The summed E-state index contributed by atoms with van der Waals surface area (Å²) in [4.78, 5) is 5.69. The molecule has 3 heterocycles. The van der Waals surface area contributed by atoms with E-state index in [2.05, 4.69) is 4.98 Å². The number of methoxy groups -OCH3 is 1. The van der Waals surface area contributed by atoms with Crippen molar-refractivity contribution in [3.05, 3.63) is 71.6 Å². The van der Waals surface area contributed by atoms with Crippen molar-refractivity contribution in [3.8, 4) is 17.0 Å². The zero-order valence-electron chi connectivity index (χ0n) is 19.3. The summed E-state index contributed by atoms with van der Waals surface area (Å²) in [5, 5.41) is 2.00. The van der Waals surface area contributed by atoms with Crippen LogP contribution in [-0.2, 0) is 21.2 Å². The molecule has 2 aromatic heterocycles. The summed E-state index contributed by atoms with van der Waals surface area (Å²) in [6, 6.07) is 12.7. The van der Waals surface area contributed by atoms with E-state index in [0.29, 0.717) is 31.9 Å². The molecule has 184 valence electrons. The first-order valence-corrected chi connectivity index (χ1v) is 13.7. The summed E-state index contributed by atoms with van der Waals surface area (Å²) in [5.74, 6) is 0.312. The van der Waals surface area contributed by atoms with Gasteiger partial charge in [0.25, 0.3) is 0 Å². The minimum atomic E-state index is -3.72. The number of benzene rings is 2. The monoisotopic (exact) mass is 515 g/mol. The molecule has 1 aliphatic heterocycles. The van der Waals surface area contributed by atoms with Crippen LogP contribution in [0.15, 0.2) is 65.0 Å². The van der Waals surface area contributed by atoms with Crippen LogP contribution in [0.25, 0.3) is 16.2 Å². The van der Waals surface area contributed by atoms with Gasteiger partial charge in [0.15, 0.2) is 4.96 Å². The molecule has 5 rings (SSSR count). The summed E-state index contributed by atoms with van der Waals surface area (Å²) < 4.78 is 54.8. The second kappa shape index (κ2) is 10.1. The van der Waals surface area contributed by atoms with Crippen molar-refractivity contribution in [2.45, 2.75) is 30.3 Å². The van der Waals surface area contributed by atoms with Crippen LogP contribution >= 0.6 is 11.3 Å². The van der Waals surface area contributed by atoms with Gasteiger partial charge in [-0.2, -0.15) is 4.31 Å². The molecule has 10 heteroatoms. The third-order valence-electron chi connectivity index (χ3n) is 6.17. The second-order valence-corrected chi connectivity index (χ2v) is 11.2. The number of sulfonamides is 1. The molecule has 0 saturated carbocycles. The minimum Gasteiger partial charge on any atom is -0.497 e. The number of hydrogen-bond acceptors (Lipinski definition) is 6. The third kappa shape index (κ3) is 5.11. The molecule has 1 saturated heterocycles. The lowest BCUT2D eigenvalue weighted by molar-refractivity contribution is 0.0939. The van der Waals surface area contributed by atoms with E-state index in [4.69, 9.17) is 9.47 Å². The van der Waals surface area contributed by atoms with Gasteiger partial charge in [-0.1, -0.05) is 0 Å². The fourth-order valence-electron chi connectivity index (χ4n) is 4.23. The molecule has 0 radical (unpaired) electrons. The number of aromatic nitrogens is 2. The smallest absolute Gasteiger partial charge is 0.243 e. The zero-order valence-corrected chi connectivity index (χ0v) is 20.9. The van der Waals surface area contributed by atoms with Crippen LogP contribution in [0.3, 0.4) is 0 Å². The van der Waals surface area contributed by atoms with Crippen LogP contribution in [0, 0.1) is 5.82 Å². The van der Waals surface area contributed by atoms with Crippen molar-refractivity contribution < 1.29 is 22.3 Å². The molecule has 7 nitrogen and oxygen atoms in total. The number of halogens is 1. The Hall–Kier alpha value is -2.79. The SMILES string of the molecule is COc1ccc(S(=O)(=O)N(CCc2csc3nc(-c4ccc(F)cc4)cn23)CC2CCCO2)cc1. The van der Waals surface area contributed by atoms with Gasteiger partial charge in [-0.05, 0) is 61.4 Å². The predicted molar refractivity (Wildman–Crippen MR) is 133 cm³/mol. The largest absolute Gasteiger partial charge is 0.497 e. The highest BCUT2D eigenvalue weighted by atomic mass is 32.2. The van der Waals surface area contributed by atoms with E-state index in [0.717, 1.165) is 34.8 Å². The molecule has 1 unspecified atom stereocenters. The highest BCUT2D eigenvalue weighted by Gasteiger charge is 2.29. The minimum absolute atomic E-state index is 0.108. The molecule has 0 aliphatic carbocycles. The molecular weight excluding hydrogens is 489 g/mol. The van der Waals surface area contributed by atoms with Gasteiger partial charge >= 0.3 is 0 Å². The third-order valence-corrected chi connectivity index (χ3v) is 8.94. The van der Waals surface area contributed by atoms with Crippen LogP contribution in [0.1, 0.15) is 18.5 Å². The highest BCUT2D eigenvalue weighted by Crippen LogP contribution is 2.26. The number of nitrogens with zero attached hydrogens (tertiary/aromatic N) is 3. The van der Waals surface area contributed by atoms with E-state index in [1.807, 2.05) is 16.0 Å². The van der Waals surface area contributed by atoms with Crippen LogP contribution in [0.5, 0.6) is 5.75 Å². The van der Waals surface area contributed by atoms with Crippen molar-refractivity contribution in [1.29, 1.82) is 0 Å². The summed E-state index contributed by atoms with van der Waals surface area (Å²) in [6.07, 6.45) is 4.11. The topological polar surface area (TPSA) is 73.1 Å². The fourth-order valence-corrected chi connectivity index (χ4v) is 6.61. The molecule has 0 N–H and O–H groups in total. The second-order valence-electron chi connectivity index (χ2n) is 8.44. The molecule has 1 fully saturated rings. The fraction of sp³-hybridized carbons (Fsp3) is 0.320. The summed E-state index contributed by atoms with van der Waals surface area (Å²) in [5.41, 5.74) is 2.55. The molecule has 0 spiro atoms. The van der Waals surface area contributed by atoms with Gasteiger partial charge in [0.1, 0.15) is 11.6 Å². The van der Waals surface area contributed by atoms with Gasteiger partial charge in [0.2, 0.25) is 10.0 Å². The van der Waals surface area contributed by atoms with E-state index < -0.39 is 10.0 Å². The molecular formula is C25H26FN3O4S2. The maximum atomic E-state index is 13.5. The number of rotatable bonds is 9. The Kier molecular flexibility index (Phi) is 6.88. The number of hydrogen-bond donors (Lipinski definition) is 0. The average Bonchev–Trinajstić information content (AvgIpc) is 3.61. The predicted octanol–water partition coefficient (Wildman–Crippen LogP) is 4.62. The molecule has 2 aromatic carbocycles. The van der Waals surface area contributed by atoms with Crippen LogP contribution in [-0.4, -0.2) is 55.0 Å². The van der Waals surface area contributed by atoms with Crippen LogP contribution in [0.4, 0.5) is 4.39 Å². The van der Waals surface area contributed by atoms with Crippen molar-refractivity contribution in [1.82, 2.24) is 13.7 Å². The van der Waals surface area contributed by atoms with E-state index in [1.54, 1.807) is 43.5 Å². The quantitative estimate of drug-likeness (QED) is 0.325. The highest BCUT2D eigenvalue weighted by molar-refractivity contribution is 7.89. The van der Waals surface area contributed by atoms with Gasteiger partial charge in [0, 0.05) is 49.0 Å². The van der Waals surface area contributed by atoms with Crippen molar-refractivity contribution in [3.63, 3.8) is 0 Å². The lowest BCUT2D eigenvalue weighted by atomic mass is 10.2. The van der Waals surface area contributed by atoms with E-state index in [-0.39, 0.29) is 16.8 Å². The first-order chi connectivity index (χ1) is 16.9. The Morgan fingerprint density at radius 1 is 1.20 bits per heavy atom. The van der Waals surface area contributed by atoms with Gasteiger partial charge < -0.3 is 9.47 Å². The maximum absolute atomic E-state index is 13.5. The van der Waals surface area contributed by atoms with Gasteiger partial charge in [-0.3, -0.25) is 4.40 Å². The van der Waals surface area contributed by atoms with Crippen molar-refractivity contribution in [2.75, 3.05) is 26.8 Å². The Labute approximate surface area is 207 Å². The van der Waals surface area contributed by atoms with Crippen molar-refractivity contribution >= 4 is 26.3 Å². The normalized spacial score (nSPS) is 16.4. The van der Waals surface area contributed by atoms with Gasteiger partial charge in [-0.25, -0.2) is 17.8 Å². The maximum Gasteiger partial charge on any atom is 0.243 e. The molecule has 35 heavy (non-hydrogen) atoms. The molecule has 1 atom stereocenters. The number of fused-ring (bicyclic) bond motifs is 1. The molecule has 1 aliphatic rings. The van der Waals surface area contributed by atoms with Crippen LogP contribution < -0.4 is 4.74 Å². The van der Waals surface area contributed by atoms with E-state index in [1.165, 1.54) is 27.8 Å². The molecule has 0 bridgehead atoms. The Balaban J connectivity index is 1.38. The lowest BCUT2D eigenvalue weighted by Gasteiger charge is -2.25. The number of thiazole rings is 1.